The molecule has 0 spiro atoms. The van der Waals surface area contributed by atoms with Gasteiger partial charge in [-0.3, -0.25) is 10.1 Å². The molecule has 1 aromatic heterocycles. The van der Waals surface area contributed by atoms with Crippen molar-refractivity contribution < 1.29 is 9.53 Å². The predicted molar refractivity (Wildman–Crippen MR) is 91.1 cm³/mol. The number of ether oxygens (including phenoxy) is 1. The third-order valence-electron chi connectivity index (χ3n) is 3.25. The molecule has 0 aliphatic carbocycles. The Kier molecular flexibility index (Phi) is 5.42. The number of carbonyl (C=O) groups is 1. The van der Waals surface area contributed by atoms with Gasteiger partial charge in [-0.25, -0.2) is 0 Å². The van der Waals surface area contributed by atoms with Crippen LogP contribution in [0.15, 0.2) is 16.5 Å². The summed E-state index contributed by atoms with van der Waals surface area (Å²) >= 11 is 2.84. The zero-order valence-electron chi connectivity index (χ0n) is 13.3. The molecule has 0 aliphatic heterocycles. The SMILES string of the molecule is CSc1nnc(NC(=O)[C@H](C)Oc2cc(C)cc(C)c2C)s1. The smallest absolute Gasteiger partial charge is 0.266 e. The number of hydrogen-bond acceptors (Lipinski definition) is 6. The van der Waals surface area contributed by atoms with Crippen molar-refractivity contribution in [1.29, 1.82) is 0 Å². The topological polar surface area (TPSA) is 64.1 Å². The molecule has 1 amide bonds. The molecule has 118 valence electrons. The summed E-state index contributed by atoms with van der Waals surface area (Å²) in [6, 6.07) is 4.04. The van der Waals surface area contributed by atoms with Crippen LogP contribution >= 0.6 is 23.1 Å². The van der Waals surface area contributed by atoms with Crippen molar-refractivity contribution in [2.24, 2.45) is 0 Å². The molecular weight excluding hydrogens is 318 g/mol. The lowest BCUT2D eigenvalue weighted by molar-refractivity contribution is -0.122. The molecule has 0 bridgehead atoms. The standard InChI is InChI=1S/C15H19N3O2S2/c1-8-6-9(2)10(3)12(7-8)20-11(4)13(19)16-14-17-18-15(21-5)22-14/h6-7,11H,1-5H3,(H,16,17,19)/t11-/m0/s1. The van der Waals surface area contributed by atoms with Gasteiger partial charge >= 0.3 is 0 Å². The molecule has 1 aromatic carbocycles. The number of rotatable bonds is 5. The van der Waals surface area contributed by atoms with Crippen molar-refractivity contribution in [3.8, 4) is 5.75 Å². The van der Waals surface area contributed by atoms with Crippen molar-refractivity contribution in [3.63, 3.8) is 0 Å². The third-order valence-corrected chi connectivity index (χ3v) is 5.06. The Morgan fingerprint density at radius 2 is 2.05 bits per heavy atom. The van der Waals surface area contributed by atoms with E-state index in [-0.39, 0.29) is 5.91 Å². The number of hydrogen-bond donors (Lipinski definition) is 1. The maximum atomic E-state index is 12.2. The zero-order chi connectivity index (χ0) is 16.3. The molecule has 0 saturated heterocycles. The summed E-state index contributed by atoms with van der Waals surface area (Å²) in [5, 5.41) is 11.1. The summed E-state index contributed by atoms with van der Waals surface area (Å²) in [4.78, 5) is 12.2. The molecule has 0 aliphatic rings. The Morgan fingerprint density at radius 3 is 2.68 bits per heavy atom. The number of carbonyl (C=O) groups excluding carboxylic acids is 1. The van der Waals surface area contributed by atoms with Gasteiger partial charge in [-0.2, -0.15) is 0 Å². The van der Waals surface area contributed by atoms with Gasteiger partial charge in [0.05, 0.1) is 0 Å². The normalized spacial score (nSPS) is 12.0. The first-order valence-corrected chi connectivity index (χ1v) is 8.87. The van der Waals surface area contributed by atoms with Gasteiger partial charge in [0.15, 0.2) is 10.4 Å². The minimum Gasteiger partial charge on any atom is -0.481 e. The highest BCUT2D eigenvalue weighted by Gasteiger charge is 2.18. The molecule has 1 atom stereocenters. The van der Waals surface area contributed by atoms with Crippen molar-refractivity contribution in [2.75, 3.05) is 11.6 Å². The molecule has 1 N–H and O–H groups in total. The Morgan fingerprint density at radius 1 is 1.32 bits per heavy atom. The number of nitrogens with zero attached hydrogens (tertiary/aromatic N) is 2. The summed E-state index contributed by atoms with van der Waals surface area (Å²) < 4.78 is 6.63. The van der Waals surface area contributed by atoms with E-state index in [4.69, 9.17) is 4.74 Å². The average molecular weight is 337 g/mol. The van der Waals surface area contributed by atoms with Crippen LogP contribution in [0.25, 0.3) is 0 Å². The second-order valence-corrected chi connectivity index (χ2v) is 7.06. The zero-order valence-corrected chi connectivity index (χ0v) is 14.9. The molecule has 0 fully saturated rings. The summed E-state index contributed by atoms with van der Waals surface area (Å²) in [5.41, 5.74) is 3.31. The van der Waals surface area contributed by atoms with E-state index in [1.54, 1.807) is 6.92 Å². The van der Waals surface area contributed by atoms with E-state index in [1.165, 1.54) is 23.1 Å². The number of aromatic nitrogens is 2. The molecule has 2 aromatic rings. The van der Waals surface area contributed by atoms with Gasteiger partial charge in [0, 0.05) is 0 Å². The van der Waals surface area contributed by atoms with Gasteiger partial charge < -0.3 is 4.74 Å². The first-order chi connectivity index (χ1) is 10.4. The molecule has 0 radical (unpaired) electrons. The van der Waals surface area contributed by atoms with Crippen LogP contribution in [-0.4, -0.2) is 28.5 Å². The fraction of sp³-hybridized carbons (Fsp3) is 0.400. The number of thioether (sulfide) groups is 1. The maximum absolute atomic E-state index is 12.2. The highest BCUT2D eigenvalue weighted by atomic mass is 32.2. The van der Waals surface area contributed by atoms with Crippen LogP contribution < -0.4 is 10.1 Å². The van der Waals surface area contributed by atoms with Crippen molar-refractivity contribution in [2.45, 2.75) is 38.1 Å². The van der Waals surface area contributed by atoms with E-state index in [2.05, 4.69) is 21.6 Å². The lowest BCUT2D eigenvalue weighted by Gasteiger charge is -2.17. The molecule has 7 heteroatoms. The van der Waals surface area contributed by atoms with Gasteiger partial charge in [0.25, 0.3) is 5.91 Å². The van der Waals surface area contributed by atoms with Crippen molar-refractivity contribution >= 4 is 34.1 Å². The number of aryl methyl sites for hydroxylation is 2. The summed E-state index contributed by atoms with van der Waals surface area (Å²) in [6.45, 7) is 7.76. The second kappa shape index (κ2) is 7.11. The molecule has 0 unspecified atom stereocenters. The molecule has 5 nitrogen and oxygen atoms in total. The second-order valence-electron chi connectivity index (χ2n) is 5.03. The van der Waals surface area contributed by atoms with Crippen molar-refractivity contribution in [1.82, 2.24) is 10.2 Å². The molecule has 2 rings (SSSR count). The number of benzene rings is 1. The predicted octanol–water partition coefficient (Wildman–Crippen LogP) is 3.59. The van der Waals surface area contributed by atoms with Gasteiger partial charge in [-0.1, -0.05) is 29.2 Å². The number of nitrogens with one attached hydrogen (secondary N) is 1. The lowest BCUT2D eigenvalue weighted by atomic mass is 10.1. The van der Waals surface area contributed by atoms with Crippen LogP contribution in [0, 0.1) is 20.8 Å². The van der Waals surface area contributed by atoms with Gasteiger partial charge in [0.2, 0.25) is 5.13 Å². The van der Waals surface area contributed by atoms with Gasteiger partial charge in [-0.15, -0.1) is 10.2 Å². The van der Waals surface area contributed by atoms with Crippen LogP contribution in [0.3, 0.4) is 0 Å². The maximum Gasteiger partial charge on any atom is 0.266 e. The fourth-order valence-corrected chi connectivity index (χ4v) is 3.09. The summed E-state index contributed by atoms with van der Waals surface area (Å²) in [5.74, 6) is 0.504. The summed E-state index contributed by atoms with van der Waals surface area (Å²) in [6.07, 6.45) is 1.31. The highest BCUT2D eigenvalue weighted by Crippen LogP contribution is 2.25. The Balaban J connectivity index is 2.05. The first-order valence-electron chi connectivity index (χ1n) is 6.83. The van der Waals surface area contributed by atoms with E-state index in [0.717, 1.165) is 26.8 Å². The Labute approximate surface area is 138 Å². The van der Waals surface area contributed by atoms with Gasteiger partial charge in [0.1, 0.15) is 5.75 Å². The molecule has 0 saturated carbocycles. The minimum atomic E-state index is -0.610. The minimum absolute atomic E-state index is 0.234. The average Bonchev–Trinajstić information content (AvgIpc) is 2.91. The number of anilines is 1. The molecular formula is C15H19N3O2S2. The van der Waals surface area contributed by atoms with Crippen LogP contribution in [0.2, 0.25) is 0 Å². The quantitative estimate of drug-likeness (QED) is 0.667. The highest BCUT2D eigenvalue weighted by molar-refractivity contribution is 8.00. The summed E-state index contributed by atoms with van der Waals surface area (Å²) in [7, 11) is 0. The van der Waals surface area contributed by atoms with Crippen LogP contribution in [-0.2, 0) is 4.79 Å². The van der Waals surface area contributed by atoms with Crippen LogP contribution in [0.1, 0.15) is 23.6 Å². The Hall–Kier alpha value is -1.60. The van der Waals surface area contributed by atoms with E-state index in [0.29, 0.717) is 5.13 Å². The third kappa shape index (κ3) is 3.98. The van der Waals surface area contributed by atoms with E-state index in [1.807, 2.05) is 33.1 Å². The first kappa shape index (κ1) is 16.8. The van der Waals surface area contributed by atoms with E-state index >= 15 is 0 Å². The van der Waals surface area contributed by atoms with E-state index < -0.39 is 6.10 Å². The van der Waals surface area contributed by atoms with Crippen molar-refractivity contribution in [3.05, 3.63) is 28.8 Å². The largest absolute Gasteiger partial charge is 0.481 e. The van der Waals surface area contributed by atoms with Crippen LogP contribution in [0.5, 0.6) is 5.75 Å². The molecule has 22 heavy (non-hydrogen) atoms. The van der Waals surface area contributed by atoms with E-state index in [9.17, 15) is 4.79 Å². The monoisotopic (exact) mass is 337 g/mol. The fourth-order valence-electron chi connectivity index (χ4n) is 1.92. The Bertz CT molecular complexity index is 685. The lowest BCUT2D eigenvalue weighted by Crippen LogP contribution is -2.30. The van der Waals surface area contributed by atoms with Crippen LogP contribution in [0.4, 0.5) is 5.13 Å². The molecule has 1 heterocycles. The van der Waals surface area contributed by atoms with Gasteiger partial charge in [-0.05, 0) is 56.7 Å². The number of amides is 1.